The van der Waals surface area contributed by atoms with Crippen molar-refractivity contribution >= 4 is 0 Å². The molecule has 0 spiro atoms. The maximum Gasteiger partial charge on any atom is 0.0799 e. The van der Waals surface area contributed by atoms with Gasteiger partial charge in [-0.15, -0.1) is 0 Å². The van der Waals surface area contributed by atoms with Crippen LogP contribution in [0, 0.1) is 11.3 Å². The Bertz CT molecular complexity index is 188. The second-order valence-corrected chi connectivity index (χ2v) is 4.73. The van der Waals surface area contributed by atoms with Crippen molar-refractivity contribution in [2.24, 2.45) is 11.3 Å². The van der Waals surface area contributed by atoms with E-state index in [2.05, 4.69) is 32.9 Å². The zero-order valence-corrected chi connectivity index (χ0v) is 7.50. The van der Waals surface area contributed by atoms with E-state index in [1.54, 1.807) is 0 Å². The molecule has 1 fully saturated rings. The fourth-order valence-corrected chi connectivity index (χ4v) is 2.12. The lowest BCUT2D eigenvalue weighted by Gasteiger charge is -2.30. The molecule has 1 heteroatoms. The van der Waals surface area contributed by atoms with E-state index in [0.717, 1.165) is 5.92 Å². The first-order chi connectivity index (χ1) is 5.07. The van der Waals surface area contributed by atoms with E-state index in [-0.39, 0.29) is 0 Å². The number of fused-ring (bicyclic) bond motifs is 2. The van der Waals surface area contributed by atoms with Crippen LogP contribution in [0.2, 0.25) is 0 Å². The van der Waals surface area contributed by atoms with Crippen LogP contribution in [0.25, 0.3) is 0 Å². The van der Waals surface area contributed by atoms with E-state index < -0.39 is 0 Å². The van der Waals surface area contributed by atoms with E-state index in [1.807, 2.05) is 0 Å². The quantitative estimate of drug-likeness (QED) is 0.484. The molecule has 0 aromatic heterocycles. The predicted octanol–water partition coefficient (Wildman–Crippen LogP) is 2.38. The molecule has 0 aliphatic carbocycles. The monoisotopic (exact) mass is 152 g/mol. The smallest absolute Gasteiger partial charge is 0.0799 e. The van der Waals surface area contributed by atoms with Gasteiger partial charge in [-0.1, -0.05) is 32.9 Å². The summed E-state index contributed by atoms with van der Waals surface area (Å²) in [4.78, 5) is 0. The van der Waals surface area contributed by atoms with Gasteiger partial charge in [0.2, 0.25) is 0 Å². The summed E-state index contributed by atoms with van der Waals surface area (Å²) in [6, 6.07) is 0. The van der Waals surface area contributed by atoms with Gasteiger partial charge in [0, 0.05) is 0 Å². The van der Waals surface area contributed by atoms with E-state index >= 15 is 0 Å². The van der Waals surface area contributed by atoms with E-state index in [9.17, 15) is 0 Å². The zero-order chi connectivity index (χ0) is 8.06. The summed E-state index contributed by atoms with van der Waals surface area (Å²) in [5.41, 5.74) is 0.407. The van der Waals surface area contributed by atoms with Crippen LogP contribution in [0.15, 0.2) is 12.2 Å². The standard InChI is InChI=1S/C10H16O/c1-10(2,3)8-6-7-4-5-9(8)11-7/h4-5,7-9H,6H2,1-3H3. The highest BCUT2D eigenvalue weighted by Crippen LogP contribution is 2.43. The molecule has 0 aromatic rings. The highest BCUT2D eigenvalue weighted by atomic mass is 16.5. The Balaban J connectivity index is 2.15. The fraction of sp³-hybridized carbons (Fsp3) is 0.800. The number of ether oxygens (including phenoxy) is 1. The van der Waals surface area contributed by atoms with Crippen LogP contribution < -0.4 is 0 Å². The minimum absolute atomic E-state index is 0.407. The summed E-state index contributed by atoms with van der Waals surface area (Å²) in [5, 5.41) is 0. The second kappa shape index (κ2) is 2.10. The van der Waals surface area contributed by atoms with Crippen LogP contribution in [-0.4, -0.2) is 12.2 Å². The Labute approximate surface area is 68.4 Å². The molecule has 0 radical (unpaired) electrons. The summed E-state index contributed by atoms with van der Waals surface area (Å²) < 4.78 is 5.70. The minimum Gasteiger partial charge on any atom is -0.367 e. The van der Waals surface area contributed by atoms with Gasteiger partial charge in [-0.25, -0.2) is 0 Å². The molecule has 62 valence electrons. The molecule has 2 rings (SSSR count). The molecule has 2 heterocycles. The maximum absolute atomic E-state index is 5.70. The highest BCUT2D eigenvalue weighted by Gasteiger charge is 2.42. The average molecular weight is 152 g/mol. The number of rotatable bonds is 0. The SMILES string of the molecule is CC(C)(C)C1CC2C=CC1O2. The van der Waals surface area contributed by atoms with Crippen molar-refractivity contribution in [3.8, 4) is 0 Å². The summed E-state index contributed by atoms with van der Waals surface area (Å²) in [6.45, 7) is 6.90. The maximum atomic E-state index is 5.70. The molecular weight excluding hydrogens is 136 g/mol. The Morgan fingerprint density at radius 2 is 2.00 bits per heavy atom. The van der Waals surface area contributed by atoms with Crippen LogP contribution in [0.3, 0.4) is 0 Å². The minimum atomic E-state index is 0.407. The largest absolute Gasteiger partial charge is 0.367 e. The number of hydrogen-bond donors (Lipinski definition) is 0. The van der Waals surface area contributed by atoms with Crippen molar-refractivity contribution in [2.45, 2.75) is 39.4 Å². The van der Waals surface area contributed by atoms with Crippen LogP contribution in [0.4, 0.5) is 0 Å². The normalized spacial score (nSPS) is 41.9. The van der Waals surface area contributed by atoms with E-state index in [4.69, 9.17) is 4.74 Å². The van der Waals surface area contributed by atoms with Crippen molar-refractivity contribution < 1.29 is 4.74 Å². The molecule has 2 aliphatic rings. The van der Waals surface area contributed by atoms with Crippen molar-refractivity contribution in [3.05, 3.63) is 12.2 Å². The average Bonchev–Trinajstić information content (AvgIpc) is 2.42. The van der Waals surface area contributed by atoms with Gasteiger partial charge >= 0.3 is 0 Å². The molecule has 0 aromatic carbocycles. The lowest BCUT2D eigenvalue weighted by atomic mass is 9.74. The Kier molecular flexibility index (Phi) is 1.40. The highest BCUT2D eigenvalue weighted by molar-refractivity contribution is 5.12. The first kappa shape index (κ1) is 7.35. The Morgan fingerprint density at radius 1 is 1.27 bits per heavy atom. The molecular formula is C10H16O. The van der Waals surface area contributed by atoms with Gasteiger partial charge in [-0.05, 0) is 17.8 Å². The first-order valence-corrected chi connectivity index (χ1v) is 4.41. The predicted molar refractivity (Wildman–Crippen MR) is 45.4 cm³/mol. The topological polar surface area (TPSA) is 9.23 Å². The summed E-state index contributed by atoms with van der Waals surface area (Å²) >= 11 is 0. The third kappa shape index (κ3) is 1.12. The molecule has 0 N–H and O–H groups in total. The van der Waals surface area contributed by atoms with Crippen LogP contribution >= 0.6 is 0 Å². The molecule has 3 atom stereocenters. The molecule has 0 amide bonds. The molecule has 0 saturated carbocycles. The lowest BCUT2D eigenvalue weighted by Crippen LogP contribution is -2.27. The Morgan fingerprint density at radius 3 is 2.27 bits per heavy atom. The molecule has 2 bridgehead atoms. The number of hydrogen-bond acceptors (Lipinski definition) is 1. The first-order valence-electron chi connectivity index (χ1n) is 4.41. The summed E-state index contributed by atoms with van der Waals surface area (Å²) in [5.74, 6) is 0.734. The second-order valence-electron chi connectivity index (χ2n) is 4.73. The van der Waals surface area contributed by atoms with Gasteiger partial charge < -0.3 is 4.74 Å². The molecule has 3 unspecified atom stereocenters. The lowest BCUT2D eigenvalue weighted by molar-refractivity contribution is 0.0850. The molecule has 1 nitrogen and oxygen atoms in total. The molecule has 1 saturated heterocycles. The van der Waals surface area contributed by atoms with Gasteiger partial charge in [0.25, 0.3) is 0 Å². The summed E-state index contributed by atoms with van der Waals surface area (Å²) in [6.07, 6.45) is 6.51. The van der Waals surface area contributed by atoms with Crippen LogP contribution in [0.1, 0.15) is 27.2 Å². The van der Waals surface area contributed by atoms with Gasteiger partial charge in [-0.3, -0.25) is 0 Å². The Hall–Kier alpha value is -0.300. The van der Waals surface area contributed by atoms with Crippen molar-refractivity contribution in [2.75, 3.05) is 0 Å². The zero-order valence-electron chi connectivity index (χ0n) is 7.50. The third-order valence-electron chi connectivity index (χ3n) is 2.84. The van der Waals surface area contributed by atoms with Gasteiger partial charge in [0.15, 0.2) is 0 Å². The molecule has 11 heavy (non-hydrogen) atoms. The summed E-state index contributed by atoms with van der Waals surface area (Å²) in [7, 11) is 0. The molecule has 2 aliphatic heterocycles. The van der Waals surface area contributed by atoms with Crippen molar-refractivity contribution in [3.63, 3.8) is 0 Å². The third-order valence-corrected chi connectivity index (χ3v) is 2.84. The van der Waals surface area contributed by atoms with Gasteiger partial charge in [-0.2, -0.15) is 0 Å². The van der Waals surface area contributed by atoms with Crippen molar-refractivity contribution in [1.29, 1.82) is 0 Å². The van der Waals surface area contributed by atoms with Gasteiger partial charge in [0.05, 0.1) is 12.2 Å². The van der Waals surface area contributed by atoms with Crippen molar-refractivity contribution in [1.82, 2.24) is 0 Å². The van der Waals surface area contributed by atoms with Gasteiger partial charge in [0.1, 0.15) is 0 Å². The van der Waals surface area contributed by atoms with E-state index in [1.165, 1.54) is 6.42 Å². The van der Waals surface area contributed by atoms with E-state index in [0.29, 0.717) is 17.6 Å². The van der Waals surface area contributed by atoms with Crippen LogP contribution in [0.5, 0.6) is 0 Å². The van der Waals surface area contributed by atoms with Crippen LogP contribution in [-0.2, 0) is 4.74 Å². The fourth-order valence-electron chi connectivity index (χ4n) is 2.12.